The van der Waals surface area contributed by atoms with Crippen LogP contribution in [0.4, 0.5) is 5.69 Å². The van der Waals surface area contributed by atoms with Gasteiger partial charge in [0.2, 0.25) is 5.78 Å². The largest absolute Gasteiger partial charge is 0.491 e. The highest BCUT2D eigenvalue weighted by molar-refractivity contribution is 6.36. The van der Waals surface area contributed by atoms with Crippen LogP contribution in [0.3, 0.4) is 0 Å². The van der Waals surface area contributed by atoms with Gasteiger partial charge in [0.05, 0.1) is 19.5 Å². The van der Waals surface area contributed by atoms with Crippen molar-refractivity contribution in [3.63, 3.8) is 0 Å². The highest BCUT2D eigenvalue weighted by Crippen LogP contribution is 2.32. The number of benzene rings is 2. The van der Waals surface area contributed by atoms with E-state index >= 15 is 0 Å². The summed E-state index contributed by atoms with van der Waals surface area (Å²) in [6, 6.07) is 15.8. The molecule has 13 nitrogen and oxygen atoms in total. The van der Waals surface area contributed by atoms with E-state index in [1.807, 2.05) is 59.3 Å². The molecule has 44 heavy (non-hydrogen) atoms. The second-order valence-corrected chi connectivity index (χ2v) is 10.9. The average molecular weight is 630 g/mol. The molecule has 2 aliphatic heterocycles. The van der Waals surface area contributed by atoms with E-state index in [0.717, 1.165) is 22.9 Å². The average Bonchev–Trinajstić information content (AvgIpc) is 3.69. The number of aromatic nitrogens is 2. The third-order valence-corrected chi connectivity index (χ3v) is 7.62. The lowest BCUT2D eigenvalue weighted by Crippen LogP contribution is -2.50. The van der Waals surface area contributed by atoms with Crippen molar-refractivity contribution in [3.8, 4) is 5.75 Å². The Labute approximate surface area is 260 Å². The monoisotopic (exact) mass is 629 g/mol. The number of rotatable bonds is 11. The van der Waals surface area contributed by atoms with Gasteiger partial charge in [-0.3, -0.25) is 9.59 Å². The highest BCUT2D eigenvalue weighted by atomic mass is 35.5. The Kier molecular flexibility index (Phi) is 11.5. The summed E-state index contributed by atoms with van der Waals surface area (Å²) in [4.78, 5) is 40.2. The van der Waals surface area contributed by atoms with Gasteiger partial charge in [0.1, 0.15) is 18.5 Å². The first-order valence-electron chi connectivity index (χ1n) is 14.3. The Bertz CT molecular complexity index is 1360. The predicted octanol–water partition coefficient (Wildman–Crippen LogP) is 3.64. The first kappa shape index (κ1) is 32.7. The van der Waals surface area contributed by atoms with Crippen molar-refractivity contribution >= 4 is 29.0 Å². The lowest BCUT2D eigenvalue weighted by Gasteiger charge is -2.35. The van der Waals surface area contributed by atoms with Crippen LogP contribution in [0.25, 0.3) is 0 Å². The second kappa shape index (κ2) is 15.5. The van der Waals surface area contributed by atoms with Gasteiger partial charge in [-0.25, -0.2) is 4.98 Å². The fourth-order valence-electron chi connectivity index (χ4n) is 5.07. The molecular weight excluding hydrogens is 594 g/mol. The summed E-state index contributed by atoms with van der Waals surface area (Å²) in [7, 11) is 0. The van der Waals surface area contributed by atoms with Crippen molar-refractivity contribution in [2.24, 2.45) is 0 Å². The van der Waals surface area contributed by atoms with E-state index in [2.05, 4.69) is 9.88 Å². The molecule has 5 rings (SSSR count). The first-order valence-corrected chi connectivity index (χ1v) is 14.7. The van der Waals surface area contributed by atoms with Crippen LogP contribution >= 0.6 is 11.6 Å². The van der Waals surface area contributed by atoms with Crippen LogP contribution in [-0.4, -0.2) is 87.7 Å². The summed E-state index contributed by atoms with van der Waals surface area (Å²) < 4.78 is 20.8. The standard InChI is InChI=1S/C30H35ClN4O5.HNO3/c1-2-28(36)29(37)35-17-15-34(16-18-35)25-7-9-26(10-8-25)38-19-27-20-39-30(40-27,21-33-14-13-32-22-33)12-11-23-3-5-24(31)6-4-23;2-1(3)4/h3-10,13-14,22,27H,2,11-12,15-21H2,1H3;(H,2,3,4). The number of imidazole rings is 1. The molecular formula is C30H36ClN5O8. The van der Waals surface area contributed by atoms with Gasteiger partial charge in [0.25, 0.3) is 11.0 Å². The quantitative estimate of drug-likeness (QED) is 0.189. The maximum Gasteiger partial charge on any atom is 0.291 e. The van der Waals surface area contributed by atoms with E-state index in [9.17, 15) is 9.59 Å². The molecule has 2 unspecified atom stereocenters. The number of amides is 1. The molecule has 3 heterocycles. The van der Waals surface area contributed by atoms with Gasteiger partial charge in [0, 0.05) is 62.1 Å². The Morgan fingerprint density at radius 1 is 1.14 bits per heavy atom. The minimum atomic E-state index is -1.50. The van der Waals surface area contributed by atoms with E-state index in [1.165, 1.54) is 5.56 Å². The van der Waals surface area contributed by atoms with E-state index in [0.29, 0.717) is 52.4 Å². The van der Waals surface area contributed by atoms with Gasteiger partial charge in [-0.1, -0.05) is 30.7 Å². The topological polar surface area (TPSA) is 150 Å². The van der Waals surface area contributed by atoms with Crippen molar-refractivity contribution in [2.45, 2.75) is 44.6 Å². The lowest BCUT2D eigenvalue weighted by atomic mass is 10.0. The normalized spacial score (nSPS) is 19.6. The molecule has 2 atom stereocenters. The summed E-state index contributed by atoms with van der Waals surface area (Å²) in [5.74, 6) is -0.720. The fourth-order valence-corrected chi connectivity index (χ4v) is 5.20. The van der Waals surface area contributed by atoms with Crippen molar-refractivity contribution in [1.29, 1.82) is 0 Å². The van der Waals surface area contributed by atoms with Crippen molar-refractivity contribution in [2.75, 3.05) is 44.3 Å². The third kappa shape index (κ3) is 9.40. The molecule has 2 aliphatic rings. The summed E-state index contributed by atoms with van der Waals surface area (Å²) in [6.45, 7) is 5.52. The summed E-state index contributed by atoms with van der Waals surface area (Å²) >= 11 is 6.04. The first-order chi connectivity index (χ1) is 21.2. The minimum absolute atomic E-state index is 0.204. The van der Waals surface area contributed by atoms with Crippen molar-refractivity contribution < 1.29 is 34.1 Å². The van der Waals surface area contributed by atoms with Crippen molar-refractivity contribution in [1.82, 2.24) is 14.5 Å². The zero-order valence-electron chi connectivity index (χ0n) is 24.4. The van der Waals surface area contributed by atoms with Crippen LogP contribution in [0, 0.1) is 10.1 Å². The number of ether oxygens (including phenoxy) is 3. The van der Waals surface area contributed by atoms with Gasteiger partial charge in [-0.15, -0.1) is 10.1 Å². The molecule has 1 amide bonds. The molecule has 0 spiro atoms. The molecule has 2 saturated heterocycles. The van der Waals surface area contributed by atoms with E-state index in [4.69, 9.17) is 41.1 Å². The van der Waals surface area contributed by atoms with Gasteiger partial charge in [-0.05, 0) is 48.4 Å². The molecule has 2 fully saturated rings. The Morgan fingerprint density at radius 2 is 1.82 bits per heavy atom. The molecule has 3 aromatic rings. The number of nitrogens with zero attached hydrogens (tertiary/aromatic N) is 5. The number of carbonyl (C=O) groups excluding carboxylic acids is 2. The minimum Gasteiger partial charge on any atom is -0.491 e. The van der Waals surface area contributed by atoms with Gasteiger partial charge >= 0.3 is 0 Å². The Morgan fingerprint density at radius 3 is 2.43 bits per heavy atom. The third-order valence-electron chi connectivity index (χ3n) is 7.37. The smallest absolute Gasteiger partial charge is 0.291 e. The highest BCUT2D eigenvalue weighted by Gasteiger charge is 2.42. The molecule has 0 saturated carbocycles. The molecule has 14 heteroatoms. The number of Topliss-reactive ketones (excluding diaryl/α,β-unsaturated/α-hetero) is 1. The number of piperazine rings is 1. The van der Waals surface area contributed by atoms with Crippen LogP contribution in [0.2, 0.25) is 5.02 Å². The number of halogens is 1. The number of ketones is 1. The number of hydrogen-bond donors (Lipinski definition) is 1. The summed E-state index contributed by atoms with van der Waals surface area (Å²) in [6.07, 6.45) is 6.94. The SMILES string of the molecule is CCC(=O)C(=O)N1CCN(c2ccc(OCC3COC(CCc4ccc(Cl)cc4)(Cn4ccnc4)O3)cc2)CC1.O=[N+]([O-])O. The lowest BCUT2D eigenvalue weighted by molar-refractivity contribution is -0.742. The molecule has 236 valence electrons. The van der Waals surface area contributed by atoms with Crippen molar-refractivity contribution in [3.05, 3.63) is 88.0 Å². The maximum absolute atomic E-state index is 12.1. The Hall–Kier alpha value is -4.20. The second-order valence-electron chi connectivity index (χ2n) is 10.4. The molecule has 0 aliphatic carbocycles. The van der Waals surface area contributed by atoms with Gasteiger partial charge in [-0.2, -0.15) is 0 Å². The summed E-state index contributed by atoms with van der Waals surface area (Å²) in [5.41, 5.74) is 2.23. The van der Waals surface area contributed by atoms with E-state index in [-0.39, 0.29) is 24.2 Å². The Balaban J connectivity index is 0.00000104. The number of aryl methyl sites for hydroxylation is 1. The van der Waals surface area contributed by atoms with E-state index < -0.39 is 10.9 Å². The molecule has 0 radical (unpaired) electrons. The van der Waals surface area contributed by atoms with Crippen LogP contribution in [-0.2, 0) is 32.0 Å². The maximum atomic E-state index is 12.1. The molecule has 1 aromatic heterocycles. The van der Waals surface area contributed by atoms with Gasteiger partial charge in [0.15, 0.2) is 5.79 Å². The fraction of sp³-hybridized carbons (Fsp3) is 0.433. The molecule has 1 N–H and O–H groups in total. The zero-order chi connectivity index (χ0) is 31.5. The number of anilines is 1. The predicted molar refractivity (Wildman–Crippen MR) is 160 cm³/mol. The zero-order valence-corrected chi connectivity index (χ0v) is 25.2. The van der Waals surface area contributed by atoms with Crippen LogP contribution in [0.15, 0.2) is 67.3 Å². The molecule has 0 bridgehead atoms. The van der Waals surface area contributed by atoms with Gasteiger partial charge < -0.3 is 33.8 Å². The van der Waals surface area contributed by atoms with Crippen LogP contribution in [0.1, 0.15) is 25.3 Å². The molecule has 2 aromatic carbocycles. The number of carbonyl (C=O) groups is 2. The van der Waals surface area contributed by atoms with Crippen LogP contribution < -0.4 is 9.64 Å². The summed E-state index contributed by atoms with van der Waals surface area (Å²) in [5, 5.41) is 14.4. The number of hydrogen-bond acceptors (Lipinski definition) is 9. The van der Waals surface area contributed by atoms with E-state index in [1.54, 1.807) is 24.3 Å². The van der Waals surface area contributed by atoms with Crippen LogP contribution in [0.5, 0.6) is 5.75 Å².